The molecule has 0 spiro atoms. The Bertz CT molecular complexity index is 751. The molecule has 3 amide bonds. The summed E-state index contributed by atoms with van der Waals surface area (Å²) in [6.07, 6.45) is 1.48. The lowest BCUT2D eigenvalue weighted by Gasteiger charge is -2.36. The van der Waals surface area contributed by atoms with Crippen LogP contribution < -0.4 is 15.5 Å². The molecule has 1 aromatic rings. The molecule has 0 bridgehead atoms. The maximum Gasteiger partial charge on any atom is 0.410 e. The lowest BCUT2D eigenvalue weighted by Crippen LogP contribution is -2.50. The van der Waals surface area contributed by atoms with Crippen molar-refractivity contribution in [2.75, 3.05) is 42.5 Å². The molecule has 0 saturated carbocycles. The average Bonchev–Trinajstić information content (AvgIpc) is 3.03. The van der Waals surface area contributed by atoms with Crippen molar-refractivity contribution in [3.8, 4) is 0 Å². The Kier molecular flexibility index (Phi) is 5.44. The zero-order valence-electron chi connectivity index (χ0n) is 16.6. The van der Waals surface area contributed by atoms with Crippen LogP contribution in [0.1, 0.15) is 27.2 Å². The van der Waals surface area contributed by atoms with E-state index in [2.05, 4.69) is 9.88 Å². The van der Waals surface area contributed by atoms with Gasteiger partial charge < -0.3 is 25.2 Å². The second-order valence-electron chi connectivity index (χ2n) is 8.14. The molecule has 1 atom stereocenters. The fraction of sp³-hybridized carbons (Fsp3) is 0.579. The van der Waals surface area contributed by atoms with Gasteiger partial charge in [-0.05, 0) is 32.9 Å². The Labute approximate surface area is 164 Å². The van der Waals surface area contributed by atoms with Gasteiger partial charge in [-0.3, -0.25) is 9.59 Å². The first kappa shape index (κ1) is 19.9. The van der Waals surface area contributed by atoms with Crippen molar-refractivity contribution in [3.05, 3.63) is 18.3 Å². The highest BCUT2D eigenvalue weighted by atomic mass is 16.6. The predicted octanol–water partition coefficient (Wildman–Crippen LogP) is 0.977. The Morgan fingerprint density at radius 1 is 1.18 bits per heavy atom. The van der Waals surface area contributed by atoms with Gasteiger partial charge in [-0.25, -0.2) is 9.78 Å². The molecule has 28 heavy (non-hydrogen) atoms. The highest BCUT2D eigenvalue weighted by Crippen LogP contribution is 2.26. The second kappa shape index (κ2) is 7.65. The zero-order valence-corrected chi connectivity index (χ0v) is 16.6. The minimum Gasteiger partial charge on any atom is -0.444 e. The zero-order chi connectivity index (χ0) is 20.5. The molecule has 0 aliphatic carbocycles. The molecule has 2 saturated heterocycles. The first-order valence-electron chi connectivity index (χ1n) is 9.42. The lowest BCUT2D eigenvalue weighted by atomic mass is 10.1. The summed E-state index contributed by atoms with van der Waals surface area (Å²) < 4.78 is 5.41. The molecule has 2 aliphatic heterocycles. The standard InChI is InChI=1S/C19H27N5O4/c1-19(2,3)28-18(27)23-8-6-22(7-9-23)15-5-4-14(11-21-15)24-12-13(17(20)26)10-16(24)25/h4-5,11,13H,6-10,12H2,1-3H3,(H2,20,26). The Morgan fingerprint density at radius 2 is 1.86 bits per heavy atom. The highest BCUT2D eigenvalue weighted by Gasteiger charge is 2.34. The third-order valence-electron chi connectivity index (χ3n) is 4.83. The predicted molar refractivity (Wildman–Crippen MR) is 104 cm³/mol. The van der Waals surface area contributed by atoms with E-state index in [0.29, 0.717) is 38.4 Å². The monoisotopic (exact) mass is 389 g/mol. The van der Waals surface area contributed by atoms with E-state index in [1.807, 2.05) is 32.9 Å². The maximum absolute atomic E-state index is 12.2. The van der Waals surface area contributed by atoms with E-state index in [4.69, 9.17) is 10.5 Å². The number of pyridine rings is 1. The third kappa shape index (κ3) is 4.52. The molecule has 3 rings (SSSR count). The van der Waals surface area contributed by atoms with Crippen molar-refractivity contribution in [2.45, 2.75) is 32.8 Å². The molecule has 9 heteroatoms. The van der Waals surface area contributed by atoms with Gasteiger partial charge >= 0.3 is 6.09 Å². The van der Waals surface area contributed by atoms with E-state index in [-0.39, 0.29) is 18.4 Å². The number of nitrogens with two attached hydrogens (primary N) is 1. The van der Waals surface area contributed by atoms with Crippen molar-refractivity contribution in [2.24, 2.45) is 11.7 Å². The third-order valence-corrected chi connectivity index (χ3v) is 4.83. The molecule has 2 N–H and O–H groups in total. The molecular formula is C19H27N5O4. The number of amides is 3. The lowest BCUT2D eigenvalue weighted by molar-refractivity contribution is -0.123. The smallest absolute Gasteiger partial charge is 0.410 e. The largest absolute Gasteiger partial charge is 0.444 e. The van der Waals surface area contributed by atoms with Crippen molar-refractivity contribution < 1.29 is 19.1 Å². The Morgan fingerprint density at radius 3 is 2.36 bits per heavy atom. The van der Waals surface area contributed by atoms with Gasteiger partial charge in [0.15, 0.2) is 0 Å². The number of carbonyl (C=O) groups excluding carboxylic acids is 3. The molecule has 0 radical (unpaired) electrons. The Balaban J connectivity index is 1.57. The number of anilines is 2. The fourth-order valence-electron chi connectivity index (χ4n) is 3.32. The molecular weight excluding hydrogens is 362 g/mol. The molecule has 1 aromatic heterocycles. The van der Waals surface area contributed by atoms with E-state index >= 15 is 0 Å². The van der Waals surface area contributed by atoms with E-state index in [1.165, 1.54) is 0 Å². The van der Waals surface area contributed by atoms with Crippen LogP contribution in [0, 0.1) is 5.92 Å². The summed E-state index contributed by atoms with van der Waals surface area (Å²) in [6.45, 7) is 8.27. The van der Waals surface area contributed by atoms with Gasteiger partial charge in [0.1, 0.15) is 11.4 Å². The molecule has 3 heterocycles. The number of hydrogen-bond donors (Lipinski definition) is 1. The van der Waals surface area contributed by atoms with Gasteiger partial charge in [-0.1, -0.05) is 0 Å². The van der Waals surface area contributed by atoms with Crippen molar-refractivity contribution in [3.63, 3.8) is 0 Å². The first-order valence-corrected chi connectivity index (χ1v) is 9.42. The van der Waals surface area contributed by atoms with Crippen LogP contribution in [0.5, 0.6) is 0 Å². The number of rotatable bonds is 3. The van der Waals surface area contributed by atoms with Crippen molar-refractivity contribution in [1.82, 2.24) is 9.88 Å². The van der Waals surface area contributed by atoms with Gasteiger partial charge in [0.2, 0.25) is 11.8 Å². The molecule has 0 aromatic carbocycles. The quantitative estimate of drug-likeness (QED) is 0.825. The highest BCUT2D eigenvalue weighted by molar-refractivity contribution is 6.00. The minimum atomic E-state index is -0.508. The summed E-state index contributed by atoms with van der Waals surface area (Å²) >= 11 is 0. The molecule has 9 nitrogen and oxygen atoms in total. The number of carbonyl (C=O) groups is 3. The van der Waals surface area contributed by atoms with Crippen LogP contribution in [0.25, 0.3) is 0 Å². The van der Waals surface area contributed by atoms with Gasteiger partial charge in [0.05, 0.1) is 17.8 Å². The average molecular weight is 389 g/mol. The Hall–Kier alpha value is -2.84. The van der Waals surface area contributed by atoms with E-state index < -0.39 is 17.4 Å². The van der Waals surface area contributed by atoms with Crippen LogP contribution in [-0.4, -0.2) is 66.1 Å². The summed E-state index contributed by atoms with van der Waals surface area (Å²) in [5, 5.41) is 0. The normalized spacial score (nSPS) is 20.5. The van der Waals surface area contributed by atoms with Crippen molar-refractivity contribution in [1.29, 1.82) is 0 Å². The molecule has 152 valence electrons. The van der Waals surface area contributed by atoms with Crippen LogP contribution in [0.4, 0.5) is 16.3 Å². The fourth-order valence-corrected chi connectivity index (χ4v) is 3.32. The summed E-state index contributed by atoms with van der Waals surface area (Å²) in [7, 11) is 0. The maximum atomic E-state index is 12.2. The van der Waals surface area contributed by atoms with Crippen LogP contribution in [0.3, 0.4) is 0 Å². The van der Waals surface area contributed by atoms with Gasteiger partial charge in [0, 0.05) is 39.1 Å². The summed E-state index contributed by atoms with van der Waals surface area (Å²) in [4.78, 5) is 45.4. The minimum absolute atomic E-state index is 0.121. The summed E-state index contributed by atoms with van der Waals surface area (Å²) in [5.74, 6) is -0.244. The van der Waals surface area contributed by atoms with Crippen LogP contribution in [0.2, 0.25) is 0 Å². The molecule has 2 aliphatic rings. The van der Waals surface area contributed by atoms with Crippen LogP contribution in [0.15, 0.2) is 18.3 Å². The molecule has 2 fully saturated rings. The summed E-state index contributed by atoms with van der Waals surface area (Å²) in [6, 6.07) is 3.67. The topological polar surface area (TPSA) is 109 Å². The molecule has 1 unspecified atom stereocenters. The van der Waals surface area contributed by atoms with Crippen molar-refractivity contribution >= 4 is 29.4 Å². The van der Waals surface area contributed by atoms with Crippen LogP contribution in [-0.2, 0) is 14.3 Å². The number of primary amides is 1. The van der Waals surface area contributed by atoms with E-state index in [1.54, 1.807) is 16.0 Å². The van der Waals surface area contributed by atoms with Gasteiger partial charge in [0.25, 0.3) is 0 Å². The van der Waals surface area contributed by atoms with Crippen LogP contribution >= 0.6 is 0 Å². The number of ether oxygens (including phenoxy) is 1. The number of nitrogens with zero attached hydrogens (tertiary/aromatic N) is 4. The SMILES string of the molecule is CC(C)(C)OC(=O)N1CCN(c2ccc(N3CC(C(N)=O)CC3=O)cn2)CC1. The second-order valence-corrected chi connectivity index (χ2v) is 8.14. The summed E-state index contributed by atoms with van der Waals surface area (Å²) in [5.41, 5.74) is 5.46. The van der Waals surface area contributed by atoms with E-state index in [9.17, 15) is 14.4 Å². The number of hydrogen-bond acceptors (Lipinski definition) is 6. The van der Waals surface area contributed by atoms with Gasteiger partial charge in [-0.15, -0.1) is 0 Å². The van der Waals surface area contributed by atoms with Gasteiger partial charge in [-0.2, -0.15) is 0 Å². The number of piperazine rings is 1. The first-order chi connectivity index (χ1) is 13.1. The van der Waals surface area contributed by atoms with E-state index in [0.717, 1.165) is 5.82 Å². The number of aromatic nitrogens is 1.